The number of amides is 1. The predicted octanol–water partition coefficient (Wildman–Crippen LogP) is 0.742. The van der Waals surface area contributed by atoms with Gasteiger partial charge in [-0.25, -0.2) is 4.98 Å². The van der Waals surface area contributed by atoms with Gasteiger partial charge in [0.05, 0.1) is 6.54 Å². The van der Waals surface area contributed by atoms with E-state index in [0.717, 1.165) is 31.3 Å². The van der Waals surface area contributed by atoms with Crippen molar-refractivity contribution in [1.82, 2.24) is 15.2 Å². The highest BCUT2D eigenvalue weighted by atomic mass is 32.1. The zero-order valence-corrected chi connectivity index (χ0v) is 14.9. The van der Waals surface area contributed by atoms with Crippen LogP contribution in [0.25, 0.3) is 0 Å². The Morgan fingerprint density at radius 2 is 2.09 bits per heavy atom. The summed E-state index contributed by atoms with van der Waals surface area (Å²) in [6.07, 6.45) is 1.83. The third-order valence-corrected chi connectivity index (χ3v) is 4.48. The van der Waals surface area contributed by atoms with Gasteiger partial charge in [-0.05, 0) is 0 Å². The molecule has 0 aliphatic carbocycles. The molecule has 8 heteroatoms. The van der Waals surface area contributed by atoms with Gasteiger partial charge in [-0.3, -0.25) is 9.79 Å². The van der Waals surface area contributed by atoms with Crippen molar-refractivity contribution >= 4 is 28.3 Å². The van der Waals surface area contributed by atoms with Crippen molar-refractivity contribution in [2.45, 2.75) is 20.8 Å². The molecule has 1 fully saturated rings. The summed E-state index contributed by atoms with van der Waals surface area (Å²) in [7, 11) is 0. The molecular formula is C15H26N6OS. The summed E-state index contributed by atoms with van der Waals surface area (Å²) in [5, 5.41) is 5.92. The zero-order chi connectivity index (χ0) is 16.9. The monoisotopic (exact) mass is 338 g/mol. The molecule has 2 rings (SSSR count). The topological polar surface area (TPSA) is 86.8 Å². The molecule has 1 aromatic rings. The van der Waals surface area contributed by atoms with Gasteiger partial charge in [-0.2, -0.15) is 0 Å². The molecule has 1 aliphatic rings. The number of nitrogens with zero attached hydrogens (tertiary/aromatic N) is 4. The van der Waals surface area contributed by atoms with E-state index < -0.39 is 0 Å². The third-order valence-electron chi connectivity index (χ3n) is 3.65. The van der Waals surface area contributed by atoms with Crippen LogP contribution in [0, 0.1) is 5.41 Å². The summed E-state index contributed by atoms with van der Waals surface area (Å²) in [4.78, 5) is 24.8. The molecule has 0 radical (unpaired) electrons. The minimum absolute atomic E-state index is 0.0309. The van der Waals surface area contributed by atoms with Crippen molar-refractivity contribution in [1.29, 1.82) is 0 Å². The third kappa shape index (κ3) is 5.09. The van der Waals surface area contributed by atoms with Crippen molar-refractivity contribution in [2.24, 2.45) is 16.1 Å². The van der Waals surface area contributed by atoms with Crippen LogP contribution in [0.5, 0.6) is 0 Å². The molecule has 2 heterocycles. The van der Waals surface area contributed by atoms with Crippen molar-refractivity contribution in [3.8, 4) is 0 Å². The number of thiazole rings is 1. The number of nitrogens with two attached hydrogens (primary N) is 1. The summed E-state index contributed by atoms with van der Waals surface area (Å²) in [5.41, 5.74) is 5.67. The minimum atomic E-state index is -0.374. The number of piperazine rings is 1. The first kappa shape index (κ1) is 17.5. The summed E-state index contributed by atoms with van der Waals surface area (Å²) in [6.45, 7) is 10.1. The first-order valence-electron chi connectivity index (χ1n) is 7.85. The van der Waals surface area contributed by atoms with E-state index in [-0.39, 0.29) is 11.3 Å². The fraction of sp³-hybridized carbons (Fsp3) is 0.667. The Hall–Kier alpha value is -1.83. The van der Waals surface area contributed by atoms with E-state index in [1.807, 2.05) is 32.3 Å². The molecule has 0 saturated carbocycles. The van der Waals surface area contributed by atoms with Crippen LogP contribution in [0.1, 0.15) is 20.8 Å². The molecule has 0 spiro atoms. The highest BCUT2D eigenvalue weighted by Gasteiger charge is 2.21. The Bertz CT molecular complexity index is 529. The fourth-order valence-corrected chi connectivity index (χ4v) is 2.90. The number of carbonyl (C=O) groups excluding carboxylic acids is 1. The van der Waals surface area contributed by atoms with Crippen LogP contribution in [0.4, 0.5) is 5.13 Å². The maximum absolute atomic E-state index is 11.7. The van der Waals surface area contributed by atoms with E-state index in [1.165, 1.54) is 0 Å². The number of anilines is 1. The molecule has 0 unspecified atom stereocenters. The molecule has 1 aromatic heterocycles. The van der Waals surface area contributed by atoms with E-state index >= 15 is 0 Å². The normalized spacial score (nSPS) is 16.6. The number of aromatic nitrogens is 1. The molecule has 3 N–H and O–H groups in total. The van der Waals surface area contributed by atoms with Gasteiger partial charge in [0.25, 0.3) is 0 Å². The molecule has 128 valence electrons. The molecule has 0 bridgehead atoms. The van der Waals surface area contributed by atoms with Gasteiger partial charge in [0.15, 0.2) is 11.1 Å². The Morgan fingerprint density at radius 3 is 2.65 bits per heavy atom. The fourth-order valence-electron chi connectivity index (χ4n) is 2.20. The van der Waals surface area contributed by atoms with Crippen molar-refractivity contribution < 1.29 is 4.79 Å². The lowest BCUT2D eigenvalue weighted by Crippen LogP contribution is -2.51. The highest BCUT2D eigenvalue weighted by molar-refractivity contribution is 7.13. The van der Waals surface area contributed by atoms with Gasteiger partial charge >= 0.3 is 0 Å². The van der Waals surface area contributed by atoms with Crippen LogP contribution in [0.3, 0.4) is 0 Å². The number of nitrogens with one attached hydrogen (secondary N) is 1. The van der Waals surface area contributed by atoms with E-state index in [4.69, 9.17) is 5.73 Å². The molecule has 7 nitrogen and oxygen atoms in total. The van der Waals surface area contributed by atoms with Crippen molar-refractivity contribution in [3.05, 3.63) is 11.6 Å². The van der Waals surface area contributed by atoms with Gasteiger partial charge < -0.3 is 20.9 Å². The summed E-state index contributed by atoms with van der Waals surface area (Å²) in [6, 6.07) is 0. The second-order valence-corrected chi connectivity index (χ2v) is 7.41. The maximum Gasteiger partial charge on any atom is 0.225 e. The average molecular weight is 338 g/mol. The maximum atomic E-state index is 11.7. The molecule has 1 aliphatic heterocycles. The van der Waals surface area contributed by atoms with E-state index in [0.29, 0.717) is 19.0 Å². The number of guanidine groups is 1. The van der Waals surface area contributed by atoms with Gasteiger partial charge in [0.2, 0.25) is 5.91 Å². The first-order chi connectivity index (χ1) is 10.9. The minimum Gasteiger partial charge on any atom is -0.370 e. The summed E-state index contributed by atoms with van der Waals surface area (Å²) >= 11 is 1.66. The van der Waals surface area contributed by atoms with E-state index in [2.05, 4.69) is 25.1 Å². The van der Waals surface area contributed by atoms with Gasteiger partial charge in [-0.1, -0.05) is 20.8 Å². The van der Waals surface area contributed by atoms with Crippen LogP contribution in [-0.4, -0.2) is 61.0 Å². The van der Waals surface area contributed by atoms with Crippen LogP contribution < -0.4 is 16.0 Å². The van der Waals surface area contributed by atoms with Crippen LogP contribution in [0.15, 0.2) is 16.6 Å². The Labute approximate surface area is 141 Å². The average Bonchev–Trinajstić information content (AvgIpc) is 3.04. The number of hydrogen-bond donors (Lipinski definition) is 2. The number of hydrogen-bond acceptors (Lipinski definition) is 5. The lowest BCUT2D eigenvalue weighted by atomic mass is 9.96. The SMILES string of the molecule is CC(C)(C)C(=O)NCCN=C(N)N1CCN(c2nccs2)CC1. The second-order valence-electron chi connectivity index (χ2n) is 6.53. The standard InChI is InChI=1S/C15H26N6OS/c1-15(2,3)12(22)17-4-5-18-13(16)20-7-9-21(10-8-20)14-19-6-11-23-14/h6,11H,4-5,7-10H2,1-3H3,(H2,16,18)(H,17,22). The number of carbonyl (C=O) groups is 1. The Balaban J connectivity index is 1.72. The van der Waals surface area contributed by atoms with Gasteiger partial charge in [0.1, 0.15) is 0 Å². The van der Waals surface area contributed by atoms with Gasteiger partial charge in [-0.15, -0.1) is 11.3 Å². The van der Waals surface area contributed by atoms with E-state index in [9.17, 15) is 4.79 Å². The van der Waals surface area contributed by atoms with Crippen molar-refractivity contribution in [3.63, 3.8) is 0 Å². The second kappa shape index (κ2) is 7.63. The molecule has 1 amide bonds. The molecule has 0 aromatic carbocycles. The van der Waals surface area contributed by atoms with Crippen molar-refractivity contribution in [2.75, 3.05) is 44.2 Å². The zero-order valence-electron chi connectivity index (χ0n) is 14.1. The predicted molar refractivity (Wildman–Crippen MR) is 94.9 cm³/mol. The number of aliphatic imine (C=N–C) groups is 1. The van der Waals surface area contributed by atoms with Crippen LogP contribution >= 0.6 is 11.3 Å². The highest BCUT2D eigenvalue weighted by Crippen LogP contribution is 2.18. The quantitative estimate of drug-likeness (QED) is 0.480. The molecule has 23 heavy (non-hydrogen) atoms. The first-order valence-corrected chi connectivity index (χ1v) is 8.73. The summed E-state index contributed by atoms with van der Waals surface area (Å²) in [5.74, 6) is 0.581. The van der Waals surface area contributed by atoms with E-state index in [1.54, 1.807) is 11.3 Å². The summed E-state index contributed by atoms with van der Waals surface area (Å²) < 4.78 is 0. The lowest BCUT2D eigenvalue weighted by molar-refractivity contribution is -0.128. The number of rotatable bonds is 4. The lowest BCUT2D eigenvalue weighted by Gasteiger charge is -2.35. The van der Waals surface area contributed by atoms with Gasteiger partial charge in [0, 0.05) is 49.7 Å². The molecular weight excluding hydrogens is 312 g/mol. The molecule has 1 saturated heterocycles. The largest absolute Gasteiger partial charge is 0.370 e. The Kier molecular flexibility index (Phi) is 5.81. The smallest absolute Gasteiger partial charge is 0.225 e. The Morgan fingerprint density at radius 1 is 1.39 bits per heavy atom. The van der Waals surface area contributed by atoms with Crippen LogP contribution in [0.2, 0.25) is 0 Å². The molecule has 0 atom stereocenters. The van der Waals surface area contributed by atoms with Crippen LogP contribution in [-0.2, 0) is 4.79 Å².